The van der Waals surface area contributed by atoms with Crippen molar-refractivity contribution in [1.29, 1.82) is 0 Å². The molecule has 23 heavy (non-hydrogen) atoms. The van der Waals surface area contributed by atoms with Crippen LogP contribution < -0.4 is 15.4 Å². The highest BCUT2D eigenvalue weighted by atomic mass is 19.3. The van der Waals surface area contributed by atoms with Gasteiger partial charge in [-0.15, -0.1) is 0 Å². The van der Waals surface area contributed by atoms with Crippen LogP contribution in [0.1, 0.15) is 12.5 Å². The van der Waals surface area contributed by atoms with Gasteiger partial charge in [-0.05, 0) is 48.4 Å². The fraction of sp³-hybridized carbons (Fsp3) is 0.235. The quantitative estimate of drug-likeness (QED) is 0.813. The average molecular weight is 320 g/mol. The van der Waals surface area contributed by atoms with Gasteiger partial charge in [0.2, 0.25) is 5.91 Å². The number of alkyl halides is 2. The Bertz CT molecular complexity index is 645. The van der Waals surface area contributed by atoms with Gasteiger partial charge in [0.1, 0.15) is 5.75 Å². The zero-order valence-electron chi connectivity index (χ0n) is 12.7. The highest BCUT2D eigenvalue weighted by Gasteiger charge is 2.05. The van der Waals surface area contributed by atoms with E-state index in [4.69, 9.17) is 0 Å². The van der Waals surface area contributed by atoms with Crippen LogP contribution in [-0.4, -0.2) is 19.1 Å². The van der Waals surface area contributed by atoms with Crippen molar-refractivity contribution in [3.05, 3.63) is 54.1 Å². The van der Waals surface area contributed by atoms with Crippen LogP contribution in [-0.2, 0) is 11.2 Å². The van der Waals surface area contributed by atoms with Gasteiger partial charge in [-0.1, -0.05) is 19.1 Å². The van der Waals surface area contributed by atoms with Crippen molar-refractivity contribution >= 4 is 17.3 Å². The fourth-order valence-corrected chi connectivity index (χ4v) is 2.01. The van der Waals surface area contributed by atoms with Gasteiger partial charge in [0, 0.05) is 11.4 Å². The van der Waals surface area contributed by atoms with Gasteiger partial charge in [-0.2, -0.15) is 8.78 Å². The molecule has 1 amide bonds. The van der Waals surface area contributed by atoms with E-state index in [9.17, 15) is 13.6 Å². The standard InChI is InChI=1S/C17H18F2N2O2/c1-2-12-4-3-5-14(10-12)21-16(22)11-20-13-6-8-15(9-7-13)23-17(18)19/h3-10,17,20H,2,11H2,1H3,(H,21,22). The molecule has 0 saturated carbocycles. The number of aryl methyl sites for hydroxylation is 1. The van der Waals surface area contributed by atoms with E-state index < -0.39 is 6.61 Å². The van der Waals surface area contributed by atoms with Crippen LogP contribution in [0.2, 0.25) is 0 Å². The molecule has 2 aromatic rings. The molecule has 0 aromatic heterocycles. The maximum atomic E-state index is 12.0. The second-order valence-corrected chi connectivity index (χ2v) is 4.86. The van der Waals surface area contributed by atoms with Crippen molar-refractivity contribution in [2.75, 3.05) is 17.2 Å². The first-order valence-corrected chi connectivity index (χ1v) is 7.24. The maximum absolute atomic E-state index is 12.0. The van der Waals surface area contributed by atoms with E-state index in [1.807, 2.05) is 31.2 Å². The number of carbonyl (C=O) groups excluding carboxylic acids is 1. The van der Waals surface area contributed by atoms with Gasteiger partial charge in [-0.3, -0.25) is 4.79 Å². The highest BCUT2D eigenvalue weighted by molar-refractivity contribution is 5.93. The SMILES string of the molecule is CCc1cccc(NC(=O)CNc2ccc(OC(F)F)cc2)c1. The fourth-order valence-electron chi connectivity index (χ4n) is 2.01. The van der Waals surface area contributed by atoms with E-state index in [2.05, 4.69) is 15.4 Å². The first-order chi connectivity index (χ1) is 11.1. The average Bonchev–Trinajstić information content (AvgIpc) is 2.54. The summed E-state index contributed by atoms with van der Waals surface area (Å²) in [5, 5.41) is 5.72. The number of anilines is 2. The monoisotopic (exact) mass is 320 g/mol. The Kier molecular flexibility index (Phi) is 5.91. The van der Waals surface area contributed by atoms with Gasteiger partial charge in [0.15, 0.2) is 0 Å². The first-order valence-electron chi connectivity index (χ1n) is 7.24. The summed E-state index contributed by atoms with van der Waals surface area (Å²) >= 11 is 0. The molecule has 2 N–H and O–H groups in total. The molecule has 0 aliphatic rings. The number of benzene rings is 2. The molecule has 2 aromatic carbocycles. The number of amides is 1. The van der Waals surface area contributed by atoms with Crippen LogP contribution in [0.5, 0.6) is 5.75 Å². The Morgan fingerprint density at radius 1 is 1.13 bits per heavy atom. The minimum Gasteiger partial charge on any atom is -0.435 e. The predicted octanol–water partition coefficient (Wildman–Crippen LogP) is 3.90. The topological polar surface area (TPSA) is 50.4 Å². The number of halogens is 2. The van der Waals surface area contributed by atoms with Crippen molar-refractivity contribution in [3.63, 3.8) is 0 Å². The molecule has 0 aliphatic carbocycles. The second-order valence-electron chi connectivity index (χ2n) is 4.86. The Hall–Kier alpha value is -2.63. The predicted molar refractivity (Wildman–Crippen MR) is 86.0 cm³/mol. The third-order valence-corrected chi connectivity index (χ3v) is 3.15. The molecule has 0 atom stereocenters. The third kappa shape index (κ3) is 5.58. The summed E-state index contributed by atoms with van der Waals surface area (Å²) in [5.41, 5.74) is 2.53. The number of ether oxygens (including phenoxy) is 1. The van der Waals surface area contributed by atoms with Crippen molar-refractivity contribution in [2.45, 2.75) is 20.0 Å². The third-order valence-electron chi connectivity index (χ3n) is 3.15. The molecule has 6 heteroatoms. The maximum Gasteiger partial charge on any atom is 0.387 e. The molecule has 0 spiro atoms. The summed E-state index contributed by atoms with van der Waals surface area (Å²) in [6.45, 7) is -0.728. The Balaban J connectivity index is 1.84. The molecule has 0 saturated heterocycles. The summed E-state index contributed by atoms with van der Waals surface area (Å²) < 4.78 is 28.3. The minimum absolute atomic E-state index is 0.0748. The number of carbonyl (C=O) groups is 1. The van der Waals surface area contributed by atoms with Crippen LogP contribution in [0, 0.1) is 0 Å². The van der Waals surface area contributed by atoms with Gasteiger partial charge >= 0.3 is 6.61 Å². The normalized spacial score (nSPS) is 10.4. The van der Waals surface area contributed by atoms with E-state index >= 15 is 0 Å². The largest absolute Gasteiger partial charge is 0.435 e. The van der Waals surface area contributed by atoms with Gasteiger partial charge in [0.05, 0.1) is 6.54 Å². The number of rotatable bonds is 7. The molecule has 122 valence electrons. The summed E-state index contributed by atoms with van der Waals surface area (Å²) in [6.07, 6.45) is 0.898. The minimum atomic E-state index is -2.85. The van der Waals surface area contributed by atoms with E-state index in [0.717, 1.165) is 17.7 Å². The lowest BCUT2D eigenvalue weighted by atomic mass is 10.1. The van der Waals surface area contributed by atoms with Crippen molar-refractivity contribution in [1.82, 2.24) is 0 Å². The van der Waals surface area contributed by atoms with Crippen LogP contribution in [0.3, 0.4) is 0 Å². The molecule has 0 heterocycles. The molecular formula is C17H18F2N2O2. The van der Waals surface area contributed by atoms with Gasteiger partial charge < -0.3 is 15.4 Å². The Morgan fingerprint density at radius 2 is 1.87 bits per heavy atom. The lowest BCUT2D eigenvalue weighted by Crippen LogP contribution is -2.21. The van der Waals surface area contributed by atoms with E-state index in [0.29, 0.717) is 5.69 Å². The summed E-state index contributed by atoms with van der Waals surface area (Å²) in [6, 6.07) is 13.6. The van der Waals surface area contributed by atoms with Gasteiger partial charge in [-0.25, -0.2) is 0 Å². The smallest absolute Gasteiger partial charge is 0.387 e. The molecule has 0 fully saturated rings. The summed E-state index contributed by atoms with van der Waals surface area (Å²) in [5.74, 6) is -0.113. The molecule has 0 aliphatic heterocycles. The van der Waals surface area contributed by atoms with E-state index in [1.54, 1.807) is 12.1 Å². The zero-order valence-corrected chi connectivity index (χ0v) is 12.7. The van der Waals surface area contributed by atoms with Crippen molar-refractivity contribution in [3.8, 4) is 5.75 Å². The van der Waals surface area contributed by atoms with Crippen molar-refractivity contribution < 1.29 is 18.3 Å². The summed E-state index contributed by atoms with van der Waals surface area (Å²) in [7, 11) is 0. The molecule has 2 rings (SSSR count). The molecular weight excluding hydrogens is 302 g/mol. The van der Waals surface area contributed by atoms with Crippen LogP contribution >= 0.6 is 0 Å². The lowest BCUT2D eigenvalue weighted by Gasteiger charge is -2.09. The molecule has 0 bridgehead atoms. The Labute approximate surface area is 133 Å². The molecule has 0 radical (unpaired) electrons. The van der Waals surface area contributed by atoms with Crippen LogP contribution in [0.25, 0.3) is 0 Å². The lowest BCUT2D eigenvalue weighted by molar-refractivity contribution is -0.114. The van der Waals surface area contributed by atoms with Gasteiger partial charge in [0.25, 0.3) is 0 Å². The first kappa shape index (κ1) is 16.7. The van der Waals surface area contributed by atoms with Crippen LogP contribution in [0.4, 0.5) is 20.2 Å². The van der Waals surface area contributed by atoms with Crippen molar-refractivity contribution in [2.24, 2.45) is 0 Å². The number of nitrogens with one attached hydrogen (secondary N) is 2. The number of hydrogen-bond acceptors (Lipinski definition) is 3. The second kappa shape index (κ2) is 8.12. The van der Waals surface area contributed by atoms with E-state index in [1.165, 1.54) is 12.1 Å². The zero-order chi connectivity index (χ0) is 16.7. The van der Waals surface area contributed by atoms with Crippen LogP contribution in [0.15, 0.2) is 48.5 Å². The van der Waals surface area contributed by atoms with E-state index in [-0.39, 0.29) is 18.2 Å². The number of hydrogen-bond donors (Lipinski definition) is 2. The molecule has 0 unspecified atom stereocenters. The molecule has 4 nitrogen and oxygen atoms in total. The Morgan fingerprint density at radius 3 is 2.52 bits per heavy atom. The highest BCUT2D eigenvalue weighted by Crippen LogP contribution is 2.17. The summed E-state index contributed by atoms with van der Waals surface area (Å²) in [4.78, 5) is 11.9.